The molecule has 0 aromatic rings. The van der Waals surface area contributed by atoms with Crippen LogP contribution in [0.15, 0.2) is 11.8 Å². The van der Waals surface area contributed by atoms with Gasteiger partial charge in [-0.3, -0.25) is 4.79 Å². The van der Waals surface area contributed by atoms with E-state index in [0.29, 0.717) is 18.6 Å². The molecule has 1 saturated heterocycles. The lowest BCUT2D eigenvalue weighted by Crippen LogP contribution is -2.15. The molecule has 3 nitrogen and oxygen atoms in total. The Balaban J connectivity index is 2.26. The molecule has 0 N–H and O–H groups in total. The molecule has 2 rings (SSSR count). The Kier molecular flexibility index (Phi) is 1.81. The highest BCUT2D eigenvalue weighted by atomic mass is 35.5. The fourth-order valence-corrected chi connectivity index (χ4v) is 2.01. The number of allylic oxidation sites excluding steroid dienone is 2. The van der Waals surface area contributed by atoms with E-state index in [4.69, 9.17) is 21.6 Å². The van der Waals surface area contributed by atoms with Gasteiger partial charge in [0.2, 0.25) is 0 Å². The van der Waals surface area contributed by atoms with Gasteiger partial charge in [0, 0.05) is 24.8 Å². The van der Waals surface area contributed by atoms with Crippen molar-refractivity contribution >= 4 is 17.4 Å². The van der Waals surface area contributed by atoms with Gasteiger partial charge in [-0.05, 0) is 6.42 Å². The van der Waals surface area contributed by atoms with E-state index in [2.05, 4.69) is 0 Å². The largest absolute Gasteiger partial charge is 0.463 e. The van der Waals surface area contributed by atoms with Gasteiger partial charge in [0.05, 0.1) is 0 Å². The summed E-state index contributed by atoms with van der Waals surface area (Å²) in [6.45, 7) is 0. The van der Waals surface area contributed by atoms with Crippen molar-refractivity contribution in [3.63, 3.8) is 0 Å². The molecule has 0 aromatic heterocycles. The van der Waals surface area contributed by atoms with Crippen LogP contribution in [0, 0.1) is 17.2 Å². The van der Waals surface area contributed by atoms with E-state index in [0.717, 1.165) is 6.42 Å². The Morgan fingerprint density at radius 1 is 1.77 bits per heavy atom. The maximum atomic E-state index is 11.0. The van der Waals surface area contributed by atoms with Crippen LogP contribution in [0.2, 0.25) is 0 Å². The Hall–Kier alpha value is -1.01. The molecule has 1 heterocycles. The molecule has 1 aliphatic carbocycles. The number of alkyl halides is 1. The molecule has 0 spiro atoms. The fraction of sp³-hybridized carbons (Fsp3) is 0.556. The van der Waals surface area contributed by atoms with Gasteiger partial charge in [-0.1, -0.05) is 11.6 Å². The SMILES string of the molecule is N#CC1(Cl)CC2CCC(=O)C=C2O1. The number of carbonyl (C=O) groups is 1. The van der Waals surface area contributed by atoms with E-state index in [1.165, 1.54) is 6.08 Å². The zero-order chi connectivity index (χ0) is 9.47. The molecule has 0 saturated carbocycles. The highest BCUT2D eigenvalue weighted by Gasteiger charge is 2.44. The van der Waals surface area contributed by atoms with Crippen LogP contribution in [0.4, 0.5) is 0 Å². The first kappa shape index (κ1) is 8.58. The second-order valence-electron chi connectivity index (χ2n) is 3.40. The van der Waals surface area contributed by atoms with E-state index in [1.807, 2.05) is 6.07 Å². The Bertz CT molecular complexity index is 331. The molecule has 0 aromatic carbocycles. The third-order valence-electron chi connectivity index (χ3n) is 2.40. The van der Waals surface area contributed by atoms with Crippen molar-refractivity contribution in [1.82, 2.24) is 0 Å². The van der Waals surface area contributed by atoms with Crippen molar-refractivity contribution in [3.05, 3.63) is 11.8 Å². The van der Waals surface area contributed by atoms with Crippen molar-refractivity contribution in [2.24, 2.45) is 5.92 Å². The molecule has 68 valence electrons. The Morgan fingerprint density at radius 3 is 3.23 bits per heavy atom. The molecular weight excluding hydrogens is 190 g/mol. The molecule has 0 radical (unpaired) electrons. The molecule has 4 heteroatoms. The standard InChI is InChI=1S/C9H8ClNO2/c10-9(5-11)4-6-1-2-7(12)3-8(6)13-9/h3,6H,1-2,4H2. The minimum absolute atomic E-state index is 0.0603. The number of ether oxygens (including phenoxy) is 1. The molecule has 1 aliphatic heterocycles. The van der Waals surface area contributed by atoms with Crippen LogP contribution in [-0.4, -0.2) is 10.8 Å². The van der Waals surface area contributed by atoms with Gasteiger partial charge in [-0.15, -0.1) is 0 Å². The number of fused-ring (bicyclic) bond motifs is 1. The number of ketones is 1. The first-order valence-corrected chi connectivity index (χ1v) is 4.54. The number of halogens is 1. The summed E-state index contributed by atoms with van der Waals surface area (Å²) < 4.78 is 5.22. The second kappa shape index (κ2) is 2.74. The minimum atomic E-state index is -1.23. The zero-order valence-corrected chi connectivity index (χ0v) is 7.67. The monoisotopic (exact) mass is 197 g/mol. The second-order valence-corrected chi connectivity index (χ2v) is 4.01. The lowest BCUT2D eigenvalue weighted by molar-refractivity contribution is -0.115. The third kappa shape index (κ3) is 1.42. The predicted molar refractivity (Wildman–Crippen MR) is 45.7 cm³/mol. The lowest BCUT2D eigenvalue weighted by Gasteiger charge is -2.12. The Labute approximate surface area is 80.9 Å². The molecule has 0 bridgehead atoms. The quantitative estimate of drug-likeness (QED) is 0.556. The number of carbonyl (C=O) groups excluding carboxylic acids is 1. The van der Waals surface area contributed by atoms with E-state index < -0.39 is 5.06 Å². The van der Waals surface area contributed by atoms with Gasteiger partial charge in [-0.25, -0.2) is 0 Å². The van der Waals surface area contributed by atoms with Crippen molar-refractivity contribution in [2.75, 3.05) is 0 Å². The Morgan fingerprint density at radius 2 is 2.54 bits per heavy atom. The van der Waals surface area contributed by atoms with Crippen molar-refractivity contribution in [3.8, 4) is 6.07 Å². The number of rotatable bonds is 0. The molecule has 2 atom stereocenters. The van der Waals surface area contributed by atoms with E-state index in [9.17, 15) is 4.79 Å². The number of hydrogen-bond donors (Lipinski definition) is 0. The van der Waals surface area contributed by atoms with E-state index >= 15 is 0 Å². The number of hydrogen-bond acceptors (Lipinski definition) is 3. The third-order valence-corrected chi connectivity index (χ3v) is 2.72. The summed E-state index contributed by atoms with van der Waals surface area (Å²) in [6.07, 6.45) is 3.25. The van der Waals surface area contributed by atoms with Gasteiger partial charge in [-0.2, -0.15) is 5.26 Å². The molecule has 0 amide bonds. The van der Waals surface area contributed by atoms with Gasteiger partial charge in [0.25, 0.3) is 5.06 Å². The summed E-state index contributed by atoms with van der Waals surface area (Å²) in [5.41, 5.74) is 0. The van der Waals surface area contributed by atoms with Gasteiger partial charge in [0.15, 0.2) is 5.78 Å². The average Bonchev–Trinajstić information content (AvgIpc) is 2.42. The van der Waals surface area contributed by atoms with Crippen LogP contribution in [-0.2, 0) is 9.53 Å². The van der Waals surface area contributed by atoms with E-state index in [-0.39, 0.29) is 11.7 Å². The van der Waals surface area contributed by atoms with Crippen LogP contribution in [0.25, 0.3) is 0 Å². The highest BCUT2D eigenvalue weighted by Crippen LogP contribution is 2.44. The predicted octanol–water partition coefficient (Wildman–Crippen LogP) is 1.73. The van der Waals surface area contributed by atoms with E-state index in [1.54, 1.807) is 0 Å². The smallest absolute Gasteiger partial charge is 0.269 e. The van der Waals surface area contributed by atoms with Crippen LogP contribution in [0.5, 0.6) is 0 Å². The topological polar surface area (TPSA) is 50.1 Å². The first-order chi connectivity index (χ1) is 6.13. The summed E-state index contributed by atoms with van der Waals surface area (Å²) in [6, 6.07) is 1.90. The van der Waals surface area contributed by atoms with Gasteiger partial charge in [0.1, 0.15) is 11.8 Å². The fourth-order valence-electron chi connectivity index (χ4n) is 1.74. The molecule has 1 fully saturated rings. The van der Waals surface area contributed by atoms with Crippen LogP contribution in [0.3, 0.4) is 0 Å². The molecule has 13 heavy (non-hydrogen) atoms. The van der Waals surface area contributed by atoms with Crippen LogP contribution < -0.4 is 0 Å². The molecule has 2 aliphatic rings. The molecular formula is C9H8ClNO2. The minimum Gasteiger partial charge on any atom is -0.463 e. The summed E-state index contributed by atoms with van der Waals surface area (Å²) in [4.78, 5) is 11.0. The van der Waals surface area contributed by atoms with Crippen molar-refractivity contribution < 1.29 is 9.53 Å². The highest BCUT2D eigenvalue weighted by molar-refractivity contribution is 6.25. The average molecular weight is 198 g/mol. The maximum absolute atomic E-state index is 11.0. The van der Waals surface area contributed by atoms with Crippen LogP contribution in [0.1, 0.15) is 19.3 Å². The maximum Gasteiger partial charge on any atom is 0.269 e. The van der Waals surface area contributed by atoms with Crippen molar-refractivity contribution in [2.45, 2.75) is 24.3 Å². The zero-order valence-electron chi connectivity index (χ0n) is 6.92. The van der Waals surface area contributed by atoms with Crippen LogP contribution >= 0.6 is 11.6 Å². The van der Waals surface area contributed by atoms with Gasteiger partial charge < -0.3 is 4.74 Å². The molecule has 2 unspecified atom stereocenters. The normalized spacial score (nSPS) is 37.4. The van der Waals surface area contributed by atoms with Crippen molar-refractivity contribution in [1.29, 1.82) is 5.26 Å². The number of nitrogens with zero attached hydrogens (tertiary/aromatic N) is 1. The summed E-state index contributed by atoms with van der Waals surface area (Å²) >= 11 is 5.84. The lowest BCUT2D eigenvalue weighted by atomic mass is 9.91. The van der Waals surface area contributed by atoms with Gasteiger partial charge >= 0.3 is 0 Å². The number of nitriles is 1. The first-order valence-electron chi connectivity index (χ1n) is 4.16. The summed E-state index contributed by atoms with van der Waals surface area (Å²) in [5.74, 6) is 0.813. The summed E-state index contributed by atoms with van der Waals surface area (Å²) in [5, 5.41) is 7.48. The summed E-state index contributed by atoms with van der Waals surface area (Å²) in [7, 11) is 0.